The van der Waals surface area contributed by atoms with Crippen LogP contribution < -0.4 is 5.73 Å². The third-order valence-corrected chi connectivity index (χ3v) is 2.72. The summed E-state index contributed by atoms with van der Waals surface area (Å²) in [6.07, 6.45) is 5.30. The largest absolute Gasteiger partial charge is 0.393 e. The van der Waals surface area contributed by atoms with E-state index in [0.29, 0.717) is 12.0 Å². The average Bonchev–Trinajstić information content (AvgIpc) is 2.03. The molecule has 0 aromatic carbocycles. The van der Waals surface area contributed by atoms with E-state index in [9.17, 15) is 5.11 Å². The fourth-order valence-electron chi connectivity index (χ4n) is 1.95. The first-order valence-corrected chi connectivity index (χ1v) is 4.67. The van der Waals surface area contributed by atoms with E-state index in [1.807, 2.05) is 6.92 Å². The summed E-state index contributed by atoms with van der Waals surface area (Å²) < 4.78 is 0. The van der Waals surface area contributed by atoms with Crippen LogP contribution >= 0.6 is 0 Å². The maximum absolute atomic E-state index is 9.54. The van der Waals surface area contributed by atoms with Crippen LogP contribution in [0.25, 0.3) is 0 Å². The van der Waals surface area contributed by atoms with Gasteiger partial charge in [-0.3, -0.25) is 0 Å². The lowest BCUT2D eigenvalue weighted by Gasteiger charge is -2.29. The molecule has 0 aromatic rings. The quantitative estimate of drug-likeness (QED) is 0.634. The Morgan fingerprint density at radius 3 is 2.82 bits per heavy atom. The summed E-state index contributed by atoms with van der Waals surface area (Å²) in [6, 6.07) is 0.343. The highest BCUT2D eigenvalue weighted by Gasteiger charge is 2.23. The van der Waals surface area contributed by atoms with E-state index >= 15 is 0 Å². The molecule has 1 unspecified atom stereocenters. The first-order valence-electron chi connectivity index (χ1n) is 4.67. The van der Waals surface area contributed by atoms with Crippen molar-refractivity contribution in [1.29, 1.82) is 0 Å². The zero-order chi connectivity index (χ0) is 8.27. The smallest absolute Gasteiger partial charge is 0.0566 e. The predicted molar refractivity (Wildman–Crippen MR) is 46.2 cm³/mol. The number of hydrogen-bond donors (Lipinski definition) is 2. The molecule has 1 saturated carbocycles. The van der Waals surface area contributed by atoms with Crippen molar-refractivity contribution in [3.63, 3.8) is 0 Å². The second-order valence-corrected chi connectivity index (χ2v) is 3.66. The minimum absolute atomic E-state index is 0.110. The van der Waals surface area contributed by atoms with E-state index in [4.69, 9.17) is 5.73 Å². The molecule has 3 atom stereocenters. The van der Waals surface area contributed by atoms with Gasteiger partial charge in [-0.2, -0.15) is 0 Å². The zero-order valence-corrected chi connectivity index (χ0v) is 7.29. The predicted octanol–water partition coefficient (Wildman–Crippen LogP) is 1.27. The van der Waals surface area contributed by atoms with Crippen LogP contribution in [0.4, 0.5) is 0 Å². The first-order chi connectivity index (χ1) is 5.24. The van der Waals surface area contributed by atoms with Crippen LogP contribution in [0, 0.1) is 5.92 Å². The Morgan fingerprint density at radius 1 is 1.55 bits per heavy atom. The molecule has 1 fully saturated rings. The van der Waals surface area contributed by atoms with E-state index in [1.165, 1.54) is 12.8 Å². The highest BCUT2D eigenvalue weighted by molar-refractivity contribution is 4.78. The van der Waals surface area contributed by atoms with Crippen molar-refractivity contribution in [2.45, 2.75) is 51.2 Å². The fourth-order valence-corrected chi connectivity index (χ4v) is 1.95. The molecule has 2 heteroatoms. The lowest BCUT2D eigenvalue weighted by Crippen LogP contribution is -2.33. The fraction of sp³-hybridized carbons (Fsp3) is 1.00. The lowest BCUT2D eigenvalue weighted by molar-refractivity contribution is 0.0766. The highest BCUT2D eigenvalue weighted by atomic mass is 16.3. The first kappa shape index (κ1) is 9.01. The van der Waals surface area contributed by atoms with Crippen molar-refractivity contribution in [3.8, 4) is 0 Å². The van der Waals surface area contributed by atoms with Gasteiger partial charge in [-0.25, -0.2) is 0 Å². The minimum Gasteiger partial charge on any atom is -0.393 e. The van der Waals surface area contributed by atoms with Gasteiger partial charge in [0.15, 0.2) is 0 Å². The van der Waals surface area contributed by atoms with Crippen molar-refractivity contribution in [2.24, 2.45) is 11.7 Å². The molecule has 0 aliphatic heterocycles. The molecule has 3 N–H and O–H groups in total. The lowest BCUT2D eigenvalue weighted by atomic mass is 9.82. The number of nitrogens with two attached hydrogens (primary N) is 1. The van der Waals surface area contributed by atoms with Gasteiger partial charge in [0.2, 0.25) is 0 Å². The normalized spacial score (nSPS) is 35.2. The van der Waals surface area contributed by atoms with Gasteiger partial charge in [0.1, 0.15) is 0 Å². The van der Waals surface area contributed by atoms with Gasteiger partial charge < -0.3 is 10.8 Å². The van der Waals surface area contributed by atoms with Gasteiger partial charge in [-0.05, 0) is 31.6 Å². The Hall–Kier alpha value is -0.0800. The van der Waals surface area contributed by atoms with E-state index in [-0.39, 0.29) is 6.10 Å². The molecule has 1 rings (SSSR count). The SMILES string of the molecule is CCC(O)[C@@H]1CCC[C@H](N)C1. The molecule has 0 heterocycles. The number of rotatable bonds is 2. The van der Waals surface area contributed by atoms with Crippen molar-refractivity contribution < 1.29 is 5.11 Å². The molecule has 66 valence electrons. The van der Waals surface area contributed by atoms with Crippen molar-refractivity contribution in [1.82, 2.24) is 0 Å². The molecule has 0 bridgehead atoms. The molecular formula is C9H19NO. The number of aliphatic hydroxyl groups is 1. The van der Waals surface area contributed by atoms with E-state index in [1.54, 1.807) is 0 Å². The Bertz CT molecular complexity index is 116. The Labute approximate surface area is 68.8 Å². The molecular weight excluding hydrogens is 138 g/mol. The summed E-state index contributed by atoms with van der Waals surface area (Å²) in [5.74, 6) is 0.476. The molecule has 0 radical (unpaired) electrons. The van der Waals surface area contributed by atoms with Gasteiger partial charge in [-0.15, -0.1) is 0 Å². The topological polar surface area (TPSA) is 46.2 Å². The van der Waals surface area contributed by atoms with E-state index in [0.717, 1.165) is 19.3 Å². The highest BCUT2D eigenvalue weighted by Crippen LogP contribution is 2.26. The van der Waals surface area contributed by atoms with Crippen LogP contribution in [0.15, 0.2) is 0 Å². The maximum Gasteiger partial charge on any atom is 0.0566 e. The Kier molecular flexibility index (Phi) is 3.34. The molecule has 0 aromatic heterocycles. The van der Waals surface area contributed by atoms with Crippen LogP contribution in [0.5, 0.6) is 0 Å². The molecule has 0 spiro atoms. The van der Waals surface area contributed by atoms with Gasteiger partial charge in [0.25, 0.3) is 0 Å². The van der Waals surface area contributed by atoms with Crippen molar-refractivity contribution in [3.05, 3.63) is 0 Å². The van der Waals surface area contributed by atoms with Crippen molar-refractivity contribution >= 4 is 0 Å². The summed E-state index contributed by atoms with van der Waals surface area (Å²) in [7, 11) is 0. The van der Waals surface area contributed by atoms with Gasteiger partial charge >= 0.3 is 0 Å². The molecule has 1 aliphatic rings. The molecule has 0 amide bonds. The van der Waals surface area contributed by atoms with Crippen LogP contribution in [0.2, 0.25) is 0 Å². The summed E-state index contributed by atoms with van der Waals surface area (Å²) >= 11 is 0. The zero-order valence-electron chi connectivity index (χ0n) is 7.29. The van der Waals surface area contributed by atoms with Crippen molar-refractivity contribution in [2.75, 3.05) is 0 Å². The van der Waals surface area contributed by atoms with Gasteiger partial charge in [0, 0.05) is 6.04 Å². The molecule has 11 heavy (non-hydrogen) atoms. The third-order valence-electron chi connectivity index (χ3n) is 2.72. The van der Waals surface area contributed by atoms with E-state index in [2.05, 4.69) is 0 Å². The molecule has 2 nitrogen and oxygen atoms in total. The monoisotopic (exact) mass is 157 g/mol. The molecule has 1 aliphatic carbocycles. The molecule has 0 saturated heterocycles. The third kappa shape index (κ3) is 2.46. The minimum atomic E-state index is -0.110. The summed E-state index contributed by atoms with van der Waals surface area (Å²) in [5, 5.41) is 9.54. The Morgan fingerprint density at radius 2 is 2.27 bits per heavy atom. The summed E-state index contributed by atoms with van der Waals surface area (Å²) in [4.78, 5) is 0. The second-order valence-electron chi connectivity index (χ2n) is 3.66. The maximum atomic E-state index is 9.54. The van der Waals surface area contributed by atoms with E-state index < -0.39 is 0 Å². The van der Waals surface area contributed by atoms with Crippen LogP contribution in [-0.2, 0) is 0 Å². The van der Waals surface area contributed by atoms with Crippen LogP contribution in [0.3, 0.4) is 0 Å². The van der Waals surface area contributed by atoms with Crippen LogP contribution in [-0.4, -0.2) is 17.3 Å². The van der Waals surface area contributed by atoms with Gasteiger partial charge in [-0.1, -0.05) is 13.3 Å². The standard InChI is InChI=1S/C9H19NO/c1-2-9(11)7-4-3-5-8(10)6-7/h7-9,11H,2-6,10H2,1H3/t7-,8+,9?/m1/s1. The average molecular weight is 157 g/mol. The number of aliphatic hydroxyl groups excluding tert-OH is 1. The van der Waals surface area contributed by atoms with Gasteiger partial charge in [0.05, 0.1) is 6.10 Å². The van der Waals surface area contributed by atoms with Crippen LogP contribution in [0.1, 0.15) is 39.0 Å². The second kappa shape index (κ2) is 4.07. The summed E-state index contributed by atoms with van der Waals surface area (Å²) in [5.41, 5.74) is 5.81. The number of hydrogen-bond acceptors (Lipinski definition) is 2. The Balaban J connectivity index is 2.33. The summed E-state index contributed by atoms with van der Waals surface area (Å²) in [6.45, 7) is 2.03.